The summed E-state index contributed by atoms with van der Waals surface area (Å²) in [5.74, 6) is 0.0467. The molecule has 0 radical (unpaired) electrons. The van der Waals surface area contributed by atoms with Crippen molar-refractivity contribution in [2.75, 3.05) is 7.11 Å². The Bertz CT molecular complexity index is 507. The highest BCUT2D eigenvalue weighted by atomic mass is 16.5. The maximum atomic E-state index is 11.4. The van der Waals surface area contributed by atoms with Crippen LogP contribution in [0, 0.1) is 0 Å². The van der Waals surface area contributed by atoms with Crippen LogP contribution in [0.1, 0.15) is 10.5 Å². The lowest BCUT2D eigenvalue weighted by Gasteiger charge is -1.96. The fourth-order valence-electron chi connectivity index (χ4n) is 1.30. The minimum atomic E-state index is -0.433. The summed E-state index contributed by atoms with van der Waals surface area (Å²) in [5, 5.41) is 4.14. The smallest absolute Gasteiger partial charge is 0.356 e. The van der Waals surface area contributed by atoms with E-state index in [0.717, 1.165) is 0 Å². The molecule has 0 atom stereocenters. The van der Waals surface area contributed by atoms with Crippen molar-refractivity contribution in [2.24, 2.45) is 7.05 Å². The van der Waals surface area contributed by atoms with Gasteiger partial charge in [-0.3, -0.25) is 4.68 Å². The summed E-state index contributed by atoms with van der Waals surface area (Å²) in [5.41, 5.74) is 0.911. The highest BCUT2D eigenvalue weighted by Gasteiger charge is 2.15. The van der Waals surface area contributed by atoms with Crippen LogP contribution in [0.25, 0.3) is 11.5 Å². The summed E-state index contributed by atoms with van der Waals surface area (Å²) < 4.78 is 6.07. The highest BCUT2D eigenvalue weighted by Crippen LogP contribution is 2.13. The van der Waals surface area contributed by atoms with Crippen molar-refractivity contribution in [3.8, 4) is 11.5 Å². The molecule has 16 heavy (non-hydrogen) atoms. The molecule has 0 saturated heterocycles. The number of rotatable bonds is 2. The van der Waals surface area contributed by atoms with Gasteiger partial charge in [0.15, 0.2) is 5.82 Å². The van der Waals surface area contributed by atoms with Gasteiger partial charge in [0.05, 0.1) is 7.11 Å². The van der Waals surface area contributed by atoms with Gasteiger partial charge in [0.2, 0.25) is 0 Å². The van der Waals surface area contributed by atoms with E-state index in [1.165, 1.54) is 11.8 Å². The average Bonchev–Trinajstić information content (AvgIpc) is 2.71. The highest BCUT2D eigenvalue weighted by molar-refractivity contribution is 5.88. The van der Waals surface area contributed by atoms with Gasteiger partial charge in [-0.1, -0.05) is 0 Å². The van der Waals surface area contributed by atoms with Gasteiger partial charge in [0.25, 0.3) is 0 Å². The molecule has 6 heteroatoms. The topological polar surface area (TPSA) is 69.9 Å². The van der Waals surface area contributed by atoms with Crippen LogP contribution < -0.4 is 0 Å². The molecule has 0 unspecified atom stereocenters. The SMILES string of the molecule is COC(=O)c1cc(-c2ncccn2)nn1C. The van der Waals surface area contributed by atoms with Crippen molar-refractivity contribution < 1.29 is 9.53 Å². The van der Waals surface area contributed by atoms with Gasteiger partial charge in [0, 0.05) is 25.5 Å². The first-order valence-corrected chi connectivity index (χ1v) is 4.62. The lowest BCUT2D eigenvalue weighted by Crippen LogP contribution is -2.07. The minimum Gasteiger partial charge on any atom is -0.464 e. The molecule has 6 nitrogen and oxygen atoms in total. The second kappa shape index (κ2) is 4.09. The zero-order valence-corrected chi connectivity index (χ0v) is 8.91. The number of carbonyl (C=O) groups is 1. The van der Waals surface area contributed by atoms with Crippen LogP contribution in [0.4, 0.5) is 0 Å². The number of aromatic nitrogens is 4. The van der Waals surface area contributed by atoms with Crippen LogP contribution in [0.2, 0.25) is 0 Å². The Hall–Kier alpha value is -2.24. The van der Waals surface area contributed by atoms with E-state index in [9.17, 15) is 4.79 Å². The number of ether oxygens (including phenoxy) is 1. The molecule has 0 bridgehead atoms. The molecule has 0 fully saturated rings. The van der Waals surface area contributed by atoms with Gasteiger partial charge in [-0.25, -0.2) is 14.8 Å². The first-order chi connectivity index (χ1) is 7.72. The van der Waals surface area contributed by atoms with Crippen LogP contribution in [0.15, 0.2) is 24.5 Å². The van der Waals surface area contributed by atoms with E-state index >= 15 is 0 Å². The Labute approximate surface area is 91.9 Å². The Morgan fingerprint density at radius 3 is 2.69 bits per heavy atom. The Morgan fingerprint density at radius 2 is 2.06 bits per heavy atom. The Morgan fingerprint density at radius 1 is 1.38 bits per heavy atom. The molecule has 0 spiro atoms. The largest absolute Gasteiger partial charge is 0.464 e. The summed E-state index contributed by atoms with van der Waals surface area (Å²) in [6.07, 6.45) is 3.24. The number of nitrogens with zero attached hydrogens (tertiary/aromatic N) is 4. The second-order valence-corrected chi connectivity index (χ2v) is 3.10. The van der Waals surface area contributed by atoms with Crippen LogP contribution in [0.5, 0.6) is 0 Å². The van der Waals surface area contributed by atoms with E-state index < -0.39 is 5.97 Å². The maximum Gasteiger partial charge on any atom is 0.356 e. The van der Waals surface area contributed by atoms with Crippen LogP contribution in [0.3, 0.4) is 0 Å². The molecule has 0 aliphatic heterocycles. The van der Waals surface area contributed by atoms with Gasteiger partial charge in [-0.05, 0) is 6.07 Å². The van der Waals surface area contributed by atoms with Crippen molar-refractivity contribution in [1.82, 2.24) is 19.7 Å². The predicted octanol–water partition coefficient (Wildman–Crippen LogP) is 0.664. The van der Waals surface area contributed by atoms with E-state index in [0.29, 0.717) is 17.2 Å². The molecule has 0 N–H and O–H groups in total. The molecular formula is C10H10N4O2. The van der Waals surface area contributed by atoms with E-state index in [2.05, 4.69) is 19.8 Å². The summed E-state index contributed by atoms with van der Waals surface area (Å²) in [7, 11) is 2.99. The zero-order chi connectivity index (χ0) is 11.5. The molecule has 82 valence electrons. The van der Waals surface area contributed by atoms with Crippen LogP contribution in [-0.4, -0.2) is 32.8 Å². The van der Waals surface area contributed by atoms with Crippen molar-refractivity contribution in [1.29, 1.82) is 0 Å². The van der Waals surface area contributed by atoms with Gasteiger partial charge in [-0.15, -0.1) is 0 Å². The third-order valence-electron chi connectivity index (χ3n) is 2.07. The first-order valence-electron chi connectivity index (χ1n) is 4.62. The standard InChI is InChI=1S/C10H10N4O2/c1-14-8(10(15)16-2)6-7(13-14)9-11-4-3-5-12-9/h3-6H,1-2H3. The fourth-order valence-corrected chi connectivity index (χ4v) is 1.30. The quantitative estimate of drug-likeness (QED) is 0.692. The molecule has 0 aromatic carbocycles. The monoisotopic (exact) mass is 218 g/mol. The molecule has 0 saturated carbocycles. The third kappa shape index (κ3) is 1.77. The molecule has 2 heterocycles. The molecule has 2 rings (SSSR count). The van der Waals surface area contributed by atoms with Gasteiger partial charge >= 0.3 is 5.97 Å². The predicted molar refractivity (Wildman–Crippen MR) is 55.6 cm³/mol. The fraction of sp³-hybridized carbons (Fsp3) is 0.200. The number of hydrogen-bond donors (Lipinski definition) is 0. The van der Waals surface area contributed by atoms with E-state index in [1.807, 2.05) is 0 Å². The van der Waals surface area contributed by atoms with E-state index in [4.69, 9.17) is 0 Å². The van der Waals surface area contributed by atoms with Crippen molar-refractivity contribution in [3.63, 3.8) is 0 Å². The molecule has 0 amide bonds. The minimum absolute atomic E-state index is 0.366. The van der Waals surface area contributed by atoms with Crippen molar-refractivity contribution in [2.45, 2.75) is 0 Å². The number of esters is 1. The van der Waals surface area contributed by atoms with E-state index in [-0.39, 0.29) is 0 Å². The lowest BCUT2D eigenvalue weighted by molar-refractivity contribution is 0.0588. The Kier molecular flexibility index (Phi) is 2.63. The number of hydrogen-bond acceptors (Lipinski definition) is 5. The summed E-state index contributed by atoms with van der Waals surface area (Å²) in [6.45, 7) is 0. The van der Waals surface area contributed by atoms with Crippen molar-refractivity contribution >= 4 is 5.97 Å². The lowest BCUT2D eigenvalue weighted by atomic mass is 10.3. The van der Waals surface area contributed by atoms with E-state index in [1.54, 1.807) is 31.6 Å². The van der Waals surface area contributed by atoms with Gasteiger partial charge in [-0.2, -0.15) is 5.10 Å². The summed E-state index contributed by atoms with van der Waals surface area (Å²) in [4.78, 5) is 19.5. The maximum absolute atomic E-state index is 11.4. The van der Waals surface area contributed by atoms with Crippen LogP contribution in [-0.2, 0) is 11.8 Å². The Balaban J connectivity index is 2.42. The average molecular weight is 218 g/mol. The normalized spacial score (nSPS) is 10.1. The molecular weight excluding hydrogens is 208 g/mol. The number of carbonyl (C=O) groups excluding carboxylic acids is 1. The zero-order valence-electron chi connectivity index (χ0n) is 8.91. The van der Waals surface area contributed by atoms with Crippen LogP contribution >= 0.6 is 0 Å². The van der Waals surface area contributed by atoms with Gasteiger partial charge < -0.3 is 4.74 Å². The second-order valence-electron chi connectivity index (χ2n) is 3.10. The number of aryl methyl sites for hydroxylation is 1. The first kappa shape index (κ1) is 10.3. The van der Waals surface area contributed by atoms with Gasteiger partial charge in [0.1, 0.15) is 11.4 Å². The summed E-state index contributed by atoms with van der Waals surface area (Å²) in [6, 6.07) is 3.31. The third-order valence-corrected chi connectivity index (χ3v) is 2.07. The molecule has 0 aliphatic rings. The molecule has 2 aromatic rings. The number of methoxy groups -OCH3 is 1. The molecule has 0 aliphatic carbocycles. The summed E-state index contributed by atoms with van der Waals surface area (Å²) >= 11 is 0. The molecule has 2 aromatic heterocycles. The van der Waals surface area contributed by atoms with Crippen molar-refractivity contribution in [3.05, 3.63) is 30.2 Å².